The predicted molar refractivity (Wildman–Crippen MR) is 54.5 cm³/mol. The van der Waals surface area contributed by atoms with Gasteiger partial charge in [-0.3, -0.25) is 4.79 Å². The van der Waals surface area contributed by atoms with E-state index in [0.717, 1.165) is 0 Å². The van der Waals surface area contributed by atoms with Gasteiger partial charge in [0.1, 0.15) is 6.54 Å². The fourth-order valence-electron chi connectivity index (χ4n) is 0.945. The van der Waals surface area contributed by atoms with Crippen LogP contribution in [0.3, 0.4) is 0 Å². The van der Waals surface area contributed by atoms with E-state index in [2.05, 4.69) is 5.32 Å². The largest absolute Gasteiger partial charge is 1.00 e. The average Bonchev–Trinajstić information content (AvgIpc) is 2.26. The molecule has 1 atom stereocenters. The Kier molecular flexibility index (Phi) is 7.21. The molecule has 1 aromatic rings. The Morgan fingerprint density at radius 3 is 2.50 bits per heavy atom. The first kappa shape index (κ1) is 15.3. The van der Waals surface area contributed by atoms with Gasteiger partial charge in [-0.05, 0) is 24.3 Å². The molecule has 80 valence electrons. The molecule has 7 heteroatoms. The van der Waals surface area contributed by atoms with Crippen LogP contribution in [0.25, 0.3) is 0 Å². The number of carbonyl (C=O) groups is 1. The number of amides is 1. The molecule has 1 aromatic carbocycles. The fourth-order valence-corrected chi connectivity index (χ4v) is 1.31. The first-order valence-corrected chi connectivity index (χ1v) is 5.12. The predicted octanol–water partition coefficient (Wildman–Crippen LogP) is -2.36. The molecule has 5 nitrogen and oxygen atoms in total. The van der Waals surface area contributed by atoms with Crippen molar-refractivity contribution in [3.8, 4) is 6.07 Å². The van der Waals surface area contributed by atoms with Crippen LogP contribution in [-0.2, 0) is 11.1 Å². The van der Waals surface area contributed by atoms with Crippen molar-refractivity contribution in [2.24, 2.45) is 0 Å². The molecule has 0 radical (unpaired) electrons. The van der Waals surface area contributed by atoms with E-state index in [4.69, 9.17) is 9.81 Å². The number of nitriles is 1. The number of nitrogens with zero attached hydrogens (tertiary/aromatic N) is 1. The Labute approximate surface area is 119 Å². The molecule has 1 rings (SSSR count). The van der Waals surface area contributed by atoms with Crippen LogP contribution < -0.4 is 34.9 Å². The van der Waals surface area contributed by atoms with Gasteiger partial charge >= 0.3 is 29.6 Å². The molecule has 0 aliphatic carbocycles. The van der Waals surface area contributed by atoms with Gasteiger partial charge in [-0.25, -0.2) is 4.21 Å². The first-order valence-electron chi connectivity index (χ1n) is 4.01. The van der Waals surface area contributed by atoms with Crippen LogP contribution in [-0.4, -0.2) is 21.2 Å². The Bertz CT molecular complexity index is 433. The van der Waals surface area contributed by atoms with E-state index in [1.54, 1.807) is 6.07 Å². The maximum absolute atomic E-state index is 11.3. The number of rotatable bonds is 3. The molecule has 2 N–H and O–H groups in total. The number of hydrogen-bond donors (Lipinski definition) is 2. The van der Waals surface area contributed by atoms with Crippen molar-refractivity contribution in [1.29, 1.82) is 5.26 Å². The van der Waals surface area contributed by atoms with Crippen LogP contribution in [0.15, 0.2) is 29.2 Å². The van der Waals surface area contributed by atoms with E-state index in [9.17, 15) is 9.00 Å². The summed E-state index contributed by atoms with van der Waals surface area (Å²) < 4.78 is 19.3. The van der Waals surface area contributed by atoms with Gasteiger partial charge < -0.3 is 11.3 Å². The van der Waals surface area contributed by atoms with Gasteiger partial charge in [-0.1, -0.05) is 0 Å². The maximum Gasteiger partial charge on any atom is 1.00 e. The summed E-state index contributed by atoms with van der Waals surface area (Å²) in [5.74, 6) is -0.383. The molecule has 1 unspecified atom stereocenters. The van der Waals surface area contributed by atoms with Crippen LogP contribution in [0.4, 0.5) is 0 Å². The van der Waals surface area contributed by atoms with Crippen molar-refractivity contribution < 1.29 is 44.5 Å². The van der Waals surface area contributed by atoms with E-state index < -0.39 is 11.1 Å². The summed E-state index contributed by atoms with van der Waals surface area (Å²) in [6.07, 6.45) is 0. The third-order valence-corrected chi connectivity index (χ3v) is 2.32. The molecular formula is C9H9N2NaO3S. The molecule has 0 aliphatic heterocycles. The van der Waals surface area contributed by atoms with Crippen LogP contribution in [0, 0.1) is 11.3 Å². The van der Waals surface area contributed by atoms with Crippen LogP contribution in [0.2, 0.25) is 0 Å². The minimum atomic E-state index is -2.04. The van der Waals surface area contributed by atoms with Gasteiger partial charge in [0.25, 0.3) is 5.91 Å². The quantitative estimate of drug-likeness (QED) is 0.355. The van der Waals surface area contributed by atoms with Crippen molar-refractivity contribution in [2.75, 3.05) is 6.54 Å². The Hall–Kier alpha value is -0.710. The standard InChI is InChI=1S/C9H8N2O3S.Na.H/c10-5-6-11-9(12)7-1-3-8(4-2-7)15(13)14;;/h1-4H,6H2,(H,11,12)(H,13,14);;/q;+1;-1. The minimum Gasteiger partial charge on any atom is -1.00 e. The average molecular weight is 248 g/mol. The smallest absolute Gasteiger partial charge is 1.00 e. The minimum absolute atomic E-state index is 0. The molecule has 0 fully saturated rings. The Balaban J connectivity index is 0. The van der Waals surface area contributed by atoms with E-state index in [-0.39, 0.29) is 48.3 Å². The van der Waals surface area contributed by atoms with Crippen molar-refractivity contribution >= 4 is 17.0 Å². The molecule has 0 spiro atoms. The second kappa shape index (κ2) is 7.54. The molecule has 0 saturated carbocycles. The summed E-state index contributed by atoms with van der Waals surface area (Å²) in [5, 5.41) is 10.6. The van der Waals surface area contributed by atoms with E-state index in [0.29, 0.717) is 5.56 Å². The number of hydrogen-bond acceptors (Lipinski definition) is 3. The Morgan fingerprint density at radius 1 is 1.50 bits per heavy atom. The van der Waals surface area contributed by atoms with Gasteiger partial charge in [0.2, 0.25) is 0 Å². The number of nitrogens with one attached hydrogen (secondary N) is 1. The zero-order chi connectivity index (χ0) is 11.3. The molecule has 0 aromatic heterocycles. The van der Waals surface area contributed by atoms with Gasteiger partial charge in [0.15, 0.2) is 11.1 Å². The fraction of sp³-hybridized carbons (Fsp3) is 0.111. The summed E-state index contributed by atoms with van der Waals surface area (Å²) in [5.41, 5.74) is 0.347. The molecule has 0 aliphatic rings. The van der Waals surface area contributed by atoms with Crippen LogP contribution >= 0.6 is 0 Å². The van der Waals surface area contributed by atoms with E-state index in [1.807, 2.05) is 0 Å². The Morgan fingerprint density at radius 2 is 2.06 bits per heavy atom. The second-order valence-electron chi connectivity index (χ2n) is 2.61. The summed E-state index contributed by atoms with van der Waals surface area (Å²) in [6.45, 7) is -0.0630. The summed E-state index contributed by atoms with van der Waals surface area (Å²) in [7, 11) is 0. The zero-order valence-electron chi connectivity index (χ0n) is 9.64. The van der Waals surface area contributed by atoms with Crippen molar-refractivity contribution in [2.45, 2.75) is 4.90 Å². The van der Waals surface area contributed by atoms with Gasteiger partial charge in [0, 0.05) is 5.56 Å². The molecule has 0 bridgehead atoms. The first-order chi connectivity index (χ1) is 7.15. The van der Waals surface area contributed by atoms with E-state index >= 15 is 0 Å². The van der Waals surface area contributed by atoms with E-state index in [1.165, 1.54) is 24.3 Å². The van der Waals surface area contributed by atoms with Crippen molar-refractivity contribution in [1.82, 2.24) is 5.32 Å². The molecular weight excluding hydrogens is 239 g/mol. The molecule has 16 heavy (non-hydrogen) atoms. The maximum atomic E-state index is 11.3. The number of carbonyl (C=O) groups excluding carboxylic acids is 1. The third-order valence-electron chi connectivity index (χ3n) is 1.65. The van der Waals surface area contributed by atoms with Crippen LogP contribution in [0.5, 0.6) is 0 Å². The SMILES string of the molecule is N#CCNC(=O)c1ccc(S(=O)O)cc1.[H-].[Na+]. The summed E-state index contributed by atoms with van der Waals surface area (Å²) in [4.78, 5) is 11.5. The topological polar surface area (TPSA) is 90.2 Å². The third kappa shape index (κ3) is 4.43. The monoisotopic (exact) mass is 248 g/mol. The van der Waals surface area contributed by atoms with Gasteiger partial charge in [0.05, 0.1) is 11.0 Å². The number of benzene rings is 1. The second-order valence-corrected chi connectivity index (χ2v) is 3.58. The van der Waals surface area contributed by atoms with Crippen molar-refractivity contribution in [3.63, 3.8) is 0 Å². The molecule has 0 heterocycles. The molecule has 0 saturated heterocycles. The normalized spacial score (nSPS) is 10.8. The summed E-state index contributed by atoms with van der Waals surface area (Å²) in [6, 6.07) is 7.40. The van der Waals surface area contributed by atoms with Gasteiger partial charge in [-0.15, -0.1) is 0 Å². The van der Waals surface area contributed by atoms with Gasteiger partial charge in [-0.2, -0.15) is 5.26 Å². The molecule has 1 amide bonds. The summed E-state index contributed by atoms with van der Waals surface area (Å²) >= 11 is -2.04. The zero-order valence-corrected chi connectivity index (χ0v) is 11.5. The van der Waals surface area contributed by atoms with Crippen LogP contribution in [0.1, 0.15) is 11.8 Å². The van der Waals surface area contributed by atoms with Crippen molar-refractivity contribution in [3.05, 3.63) is 29.8 Å².